The molecule has 2 fully saturated rings. The van der Waals surface area contributed by atoms with Crippen molar-refractivity contribution in [3.8, 4) is 6.07 Å². The minimum atomic E-state index is -0.763. The molecule has 0 heterocycles. The van der Waals surface area contributed by atoms with E-state index in [4.69, 9.17) is 5.26 Å². The van der Waals surface area contributed by atoms with Crippen LogP contribution in [0.3, 0.4) is 0 Å². The van der Waals surface area contributed by atoms with Gasteiger partial charge in [0.25, 0.3) is 0 Å². The first-order chi connectivity index (χ1) is 15.1. The zero-order valence-corrected chi connectivity index (χ0v) is 18.8. The lowest BCUT2D eigenvalue weighted by molar-refractivity contribution is 0.113. The van der Waals surface area contributed by atoms with E-state index in [1.807, 2.05) is 12.1 Å². The summed E-state index contributed by atoms with van der Waals surface area (Å²) in [6.45, 7) is 2.27. The van der Waals surface area contributed by atoms with Crippen LogP contribution in [0.2, 0.25) is 0 Å². The third-order valence-electron chi connectivity index (χ3n) is 8.07. The number of fused-ring (bicyclic) bond motifs is 2. The van der Waals surface area contributed by atoms with E-state index >= 15 is 0 Å². The zero-order valence-electron chi connectivity index (χ0n) is 18.8. The van der Waals surface area contributed by atoms with Crippen LogP contribution < -0.4 is 0 Å². The third-order valence-corrected chi connectivity index (χ3v) is 8.07. The Morgan fingerprint density at radius 3 is 2.52 bits per heavy atom. The SMILES string of the molecule is CCCCCCC[C@@H]1CC[C@@H]2CC(c3ccc4c(F)c(C#N)c(F)cc4c3)CCC2C1. The van der Waals surface area contributed by atoms with Crippen LogP contribution >= 0.6 is 0 Å². The van der Waals surface area contributed by atoms with Gasteiger partial charge in [-0.3, -0.25) is 0 Å². The highest BCUT2D eigenvalue weighted by Crippen LogP contribution is 2.48. The van der Waals surface area contributed by atoms with Gasteiger partial charge in [0.1, 0.15) is 17.4 Å². The lowest BCUT2D eigenvalue weighted by atomic mass is 9.63. The van der Waals surface area contributed by atoms with Gasteiger partial charge in [0, 0.05) is 5.39 Å². The topological polar surface area (TPSA) is 23.8 Å². The maximum absolute atomic E-state index is 14.4. The maximum Gasteiger partial charge on any atom is 0.151 e. The number of rotatable bonds is 7. The van der Waals surface area contributed by atoms with Crippen LogP contribution in [0.5, 0.6) is 0 Å². The normalized spacial score (nSPS) is 25.9. The Morgan fingerprint density at radius 1 is 0.935 bits per heavy atom. The molecular formula is C28H35F2N. The molecule has 0 radical (unpaired) electrons. The van der Waals surface area contributed by atoms with Crippen molar-refractivity contribution in [3.05, 3.63) is 47.0 Å². The monoisotopic (exact) mass is 423 g/mol. The molecule has 4 rings (SSSR count). The molecule has 166 valence electrons. The first-order valence-corrected chi connectivity index (χ1v) is 12.4. The highest BCUT2D eigenvalue weighted by Gasteiger charge is 2.35. The van der Waals surface area contributed by atoms with Gasteiger partial charge in [-0.15, -0.1) is 0 Å². The zero-order chi connectivity index (χ0) is 21.8. The predicted octanol–water partition coefficient (Wildman–Crippen LogP) is 8.65. The van der Waals surface area contributed by atoms with Crippen LogP contribution in [0.25, 0.3) is 10.8 Å². The van der Waals surface area contributed by atoms with E-state index in [-0.39, 0.29) is 0 Å². The highest BCUT2D eigenvalue weighted by molar-refractivity contribution is 5.85. The molecule has 1 nitrogen and oxygen atoms in total. The number of benzene rings is 2. The number of nitrogens with zero attached hydrogens (tertiary/aromatic N) is 1. The summed E-state index contributed by atoms with van der Waals surface area (Å²) in [6.07, 6.45) is 16.1. The molecule has 0 aliphatic heterocycles. The minimum absolute atomic E-state index is 0.342. The third kappa shape index (κ3) is 4.94. The lowest BCUT2D eigenvalue weighted by Crippen LogP contribution is -2.30. The first-order valence-electron chi connectivity index (χ1n) is 12.4. The summed E-state index contributed by atoms with van der Waals surface area (Å²) in [5.41, 5.74) is 0.718. The largest absolute Gasteiger partial charge is 0.205 e. The molecule has 0 amide bonds. The molecule has 0 aromatic heterocycles. The molecule has 2 aromatic carbocycles. The Bertz CT molecular complexity index is 944. The molecule has 2 aliphatic rings. The van der Waals surface area contributed by atoms with E-state index in [9.17, 15) is 8.78 Å². The Kier molecular flexibility index (Phi) is 7.26. The fraction of sp³-hybridized carbons (Fsp3) is 0.607. The second kappa shape index (κ2) is 10.1. The standard InChI is InChI=1S/C28H35F2N/c1-2-3-4-5-6-7-19-8-9-21-15-22(11-10-20(21)14-19)23-12-13-25-24(16-23)17-27(29)26(18-31)28(25)30/h12-13,16-17,19-22H,2-11,14-15H2,1H3/t19-,20?,21-,22?/m1/s1. The molecule has 2 saturated carbocycles. The van der Waals surface area contributed by atoms with E-state index in [0.29, 0.717) is 16.7 Å². The van der Waals surface area contributed by atoms with E-state index in [1.165, 1.54) is 88.7 Å². The van der Waals surface area contributed by atoms with Gasteiger partial charge in [-0.2, -0.15) is 5.26 Å². The fourth-order valence-electron chi connectivity index (χ4n) is 6.29. The number of hydrogen-bond donors (Lipinski definition) is 0. The van der Waals surface area contributed by atoms with Crippen LogP contribution in [0.1, 0.15) is 101 Å². The van der Waals surface area contributed by atoms with E-state index in [1.54, 1.807) is 12.1 Å². The van der Waals surface area contributed by atoms with E-state index in [2.05, 4.69) is 6.92 Å². The average Bonchev–Trinajstić information content (AvgIpc) is 2.78. The van der Waals surface area contributed by atoms with Gasteiger partial charge in [-0.1, -0.05) is 70.1 Å². The highest BCUT2D eigenvalue weighted by atomic mass is 19.1. The number of hydrogen-bond acceptors (Lipinski definition) is 1. The van der Waals surface area contributed by atoms with Crippen molar-refractivity contribution in [2.75, 3.05) is 0 Å². The van der Waals surface area contributed by atoms with E-state index < -0.39 is 17.2 Å². The van der Waals surface area contributed by atoms with Crippen LogP contribution in [0, 0.1) is 40.7 Å². The second-order valence-corrected chi connectivity index (χ2v) is 10.1. The van der Waals surface area contributed by atoms with Gasteiger partial charge < -0.3 is 0 Å². The van der Waals surface area contributed by atoms with Gasteiger partial charge in [-0.25, -0.2) is 8.78 Å². The van der Waals surface area contributed by atoms with Gasteiger partial charge in [0.2, 0.25) is 0 Å². The summed E-state index contributed by atoms with van der Waals surface area (Å²) in [5, 5.41) is 9.91. The minimum Gasteiger partial charge on any atom is -0.205 e. The van der Waals surface area contributed by atoms with Crippen molar-refractivity contribution in [3.63, 3.8) is 0 Å². The Balaban J connectivity index is 1.37. The summed E-state index contributed by atoms with van der Waals surface area (Å²) in [6, 6.07) is 8.65. The molecular weight excluding hydrogens is 388 g/mol. The van der Waals surface area contributed by atoms with Crippen molar-refractivity contribution < 1.29 is 8.78 Å². The Labute approximate surface area is 185 Å². The second-order valence-electron chi connectivity index (χ2n) is 10.1. The molecule has 2 unspecified atom stereocenters. The molecule has 0 N–H and O–H groups in total. The molecule has 3 heteroatoms. The van der Waals surface area contributed by atoms with Crippen LogP contribution in [-0.2, 0) is 0 Å². The maximum atomic E-state index is 14.4. The van der Waals surface area contributed by atoms with Crippen molar-refractivity contribution >= 4 is 10.8 Å². The quantitative estimate of drug-likeness (QED) is 0.409. The van der Waals surface area contributed by atoms with Gasteiger partial charge in [0.15, 0.2) is 5.82 Å². The van der Waals surface area contributed by atoms with Gasteiger partial charge >= 0.3 is 0 Å². The lowest BCUT2D eigenvalue weighted by Gasteiger charge is -2.42. The van der Waals surface area contributed by atoms with Crippen molar-refractivity contribution in [2.24, 2.45) is 17.8 Å². The van der Waals surface area contributed by atoms with Crippen LogP contribution in [0.4, 0.5) is 8.78 Å². The number of halogens is 2. The van der Waals surface area contributed by atoms with Gasteiger partial charge in [0.05, 0.1) is 0 Å². The summed E-state index contributed by atoms with van der Waals surface area (Å²) in [5.74, 6) is 1.60. The summed E-state index contributed by atoms with van der Waals surface area (Å²) in [4.78, 5) is 0. The van der Waals surface area contributed by atoms with Crippen LogP contribution in [-0.4, -0.2) is 0 Å². The molecule has 2 aliphatic carbocycles. The van der Waals surface area contributed by atoms with Crippen LogP contribution in [0.15, 0.2) is 24.3 Å². The summed E-state index contributed by atoms with van der Waals surface area (Å²) in [7, 11) is 0. The van der Waals surface area contributed by atoms with Crippen molar-refractivity contribution in [1.82, 2.24) is 0 Å². The molecule has 0 spiro atoms. The fourth-order valence-corrected chi connectivity index (χ4v) is 6.29. The molecule has 0 saturated heterocycles. The molecule has 0 bridgehead atoms. The smallest absolute Gasteiger partial charge is 0.151 e. The summed E-state index contributed by atoms with van der Waals surface area (Å²) < 4.78 is 28.5. The number of nitriles is 1. The Morgan fingerprint density at radius 2 is 1.71 bits per heavy atom. The molecule has 31 heavy (non-hydrogen) atoms. The van der Waals surface area contributed by atoms with E-state index in [0.717, 1.165) is 17.8 Å². The number of unbranched alkanes of at least 4 members (excludes halogenated alkanes) is 4. The predicted molar refractivity (Wildman–Crippen MR) is 123 cm³/mol. The van der Waals surface area contributed by atoms with Crippen molar-refractivity contribution in [2.45, 2.75) is 89.9 Å². The first kappa shape index (κ1) is 22.3. The molecule has 4 atom stereocenters. The Hall–Kier alpha value is -1.95. The average molecular weight is 424 g/mol. The van der Waals surface area contributed by atoms with Crippen molar-refractivity contribution in [1.29, 1.82) is 5.26 Å². The summed E-state index contributed by atoms with van der Waals surface area (Å²) >= 11 is 0. The van der Waals surface area contributed by atoms with Gasteiger partial charge in [-0.05, 0) is 72.8 Å². The molecule has 2 aromatic rings.